The third-order valence-corrected chi connectivity index (χ3v) is 3.53. The Morgan fingerprint density at radius 2 is 2.18 bits per heavy atom. The van der Waals surface area contributed by atoms with E-state index in [4.69, 9.17) is 4.99 Å². The molecule has 0 amide bonds. The number of aromatic amines is 1. The van der Waals surface area contributed by atoms with Gasteiger partial charge < -0.3 is 9.88 Å². The van der Waals surface area contributed by atoms with Crippen molar-refractivity contribution in [2.24, 2.45) is 10.9 Å². The molecule has 0 saturated carbocycles. The number of hydrogen-bond donors (Lipinski definition) is 1. The van der Waals surface area contributed by atoms with E-state index in [1.807, 2.05) is 6.92 Å². The van der Waals surface area contributed by atoms with E-state index in [-0.39, 0.29) is 0 Å². The quantitative estimate of drug-likeness (QED) is 0.797. The SMILES string of the molecule is Cc1nc2c([nH]1)CN(C)C1=N[C@@H](C(C)C)CN12. The van der Waals surface area contributed by atoms with Crippen molar-refractivity contribution in [3.63, 3.8) is 0 Å². The first-order valence-corrected chi connectivity index (χ1v) is 6.18. The number of anilines is 1. The number of H-pyrrole nitrogens is 1. The summed E-state index contributed by atoms with van der Waals surface area (Å²) in [4.78, 5) is 17.2. The summed E-state index contributed by atoms with van der Waals surface area (Å²) in [6, 6.07) is 0.385. The highest BCUT2D eigenvalue weighted by atomic mass is 15.5. The van der Waals surface area contributed by atoms with Crippen LogP contribution in [0.4, 0.5) is 5.82 Å². The minimum absolute atomic E-state index is 0.385. The van der Waals surface area contributed by atoms with Gasteiger partial charge in [0.25, 0.3) is 0 Å². The van der Waals surface area contributed by atoms with Gasteiger partial charge in [0.2, 0.25) is 5.96 Å². The first-order chi connectivity index (χ1) is 8.06. The van der Waals surface area contributed by atoms with E-state index in [1.165, 1.54) is 5.69 Å². The summed E-state index contributed by atoms with van der Waals surface area (Å²) < 4.78 is 0. The van der Waals surface area contributed by atoms with Crippen molar-refractivity contribution in [1.82, 2.24) is 14.9 Å². The zero-order chi connectivity index (χ0) is 12.2. The number of hydrogen-bond acceptors (Lipinski definition) is 4. The molecule has 5 nitrogen and oxygen atoms in total. The van der Waals surface area contributed by atoms with Crippen LogP contribution < -0.4 is 4.90 Å². The van der Waals surface area contributed by atoms with Crippen molar-refractivity contribution in [3.05, 3.63) is 11.5 Å². The molecule has 0 spiro atoms. The second kappa shape index (κ2) is 3.48. The molecule has 1 N–H and O–H groups in total. The van der Waals surface area contributed by atoms with E-state index < -0.39 is 0 Å². The van der Waals surface area contributed by atoms with E-state index in [9.17, 15) is 0 Å². The van der Waals surface area contributed by atoms with Crippen molar-refractivity contribution in [3.8, 4) is 0 Å². The van der Waals surface area contributed by atoms with Gasteiger partial charge in [-0.25, -0.2) is 9.98 Å². The number of fused-ring (bicyclic) bond motifs is 3. The zero-order valence-corrected chi connectivity index (χ0v) is 10.9. The fraction of sp³-hybridized carbons (Fsp3) is 0.667. The van der Waals surface area contributed by atoms with Crippen LogP contribution in [0.3, 0.4) is 0 Å². The van der Waals surface area contributed by atoms with Crippen molar-refractivity contribution in [2.45, 2.75) is 33.4 Å². The molecule has 0 unspecified atom stereocenters. The van der Waals surface area contributed by atoms with Crippen LogP contribution in [0, 0.1) is 12.8 Å². The molecule has 5 heteroatoms. The predicted octanol–water partition coefficient (Wildman–Crippen LogP) is 1.36. The summed E-state index contributed by atoms with van der Waals surface area (Å²) in [5.41, 5.74) is 1.20. The lowest BCUT2D eigenvalue weighted by molar-refractivity contribution is 0.475. The summed E-state index contributed by atoms with van der Waals surface area (Å²) in [6.07, 6.45) is 0. The summed E-state index contributed by atoms with van der Waals surface area (Å²) in [5.74, 6) is 3.70. The van der Waals surface area contributed by atoms with Crippen LogP contribution >= 0.6 is 0 Å². The fourth-order valence-corrected chi connectivity index (χ4v) is 2.54. The van der Waals surface area contributed by atoms with Crippen LogP contribution in [0.15, 0.2) is 4.99 Å². The van der Waals surface area contributed by atoms with E-state index in [0.717, 1.165) is 30.7 Å². The number of nitrogens with one attached hydrogen (secondary N) is 1. The minimum atomic E-state index is 0.385. The summed E-state index contributed by atoms with van der Waals surface area (Å²) in [6.45, 7) is 8.28. The number of aliphatic imine (C=N–C) groups is 1. The fourth-order valence-electron chi connectivity index (χ4n) is 2.54. The lowest BCUT2D eigenvalue weighted by atomic mass is 10.1. The van der Waals surface area contributed by atoms with E-state index >= 15 is 0 Å². The highest BCUT2D eigenvalue weighted by Gasteiger charge is 2.36. The topological polar surface area (TPSA) is 47.5 Å². The van der Waals surface area contributed by atoms with E-state index in [0.29, 0.717) is 12.0 Å². The Hall–Kier alpha value is -1.52. The summed E-state index contributed by atoms with van der Waals surface area (Å²) in [7, 11) is 2.09. The molecule has 1 aromatic heterocycles. The normalized spacial score (nSPS) is 22.9. The largest absolute Gasteiger partial charge is 0.343 e. The second-order valence-electron chi connectivity index (χ2n) is 5.33. The Balaban J connectivity index is 2.01. The van der Waals surface area contributed by atoms with Gasteiger partial charge in [0.1, 0.15) is 5.82 Å². The summed E-state index contributed by atoms with van der Waals surface area (Å²) >= 11 is 0. The van der Waals surface area contributed by atoms with Gasteiger partial charge in [0.15, 0.2) is 5.82 Å². The van der Waals surface area contributed by atoms with Crippen LogP contribution in [0.2, 0.25) is 0 Å². The first kappa shape index (κ1) is 10.6. The molecule has 92 valence electrons. The Bertz CT molecular complexity index is 473. The Labute approximate surface area is 102 Å². The second-order valence-corrected chi connectivity index (χ2v) is 5.33. The summed E-state index contributed by atoms with van der Waals surface area (Å²) in [5, 5.41) is 0. The van der Waals surface area contributed by atoms with Gasteiger partial charge in [-0.1, -0.05) is 13.8 Å². The molecular formula is C12H19N5. The lowest BCUT2D eigenvalue weighted by Gasteiger charge is -2.31. The molecule has 0 aromatic carbocycles. The maximum Gasteiger partial charge on any atom is 0.202 e. The number of aromatic nitrogens is 2. The minimum Gasteiger partial charge on any atom is -0.343 e. The van der Waals surface area contributed by atoms with Gasteiger partial charge in [0.05, 0.1) is 24.8 Å². The molecule has 2 aliphatic rings. The Kier molecular flexibility index (Phi) is 2.18. The van der Waals surface area contributed by atoms with Crippen LogP contribution in [0.25, 0.3) is 0 Å². The van der Waals surface area contributed by atoms with Crippen molar-refractivity contribution in [2.75, 3.05) is 18.5 Å². The van der Waals surface area contributed by atoms with Gasteiger partial charge in [-0.3, -0.25) is 4.90 Å². The van der Waals surface area contributed by atoms with Gasteiger partial charge in [0, 0.05) is 7.05 Å². The third kappa shape index (κ3) is 1.52. The number of guanidine groups is 1. The average molecular weight is 233 g/mol. The van der Waals surface area contributed by atoms with E-state index in [2.05, 4.69) is 40.7 Å². The average Bonchev–Trinajstić information content (AvgIpc) is 2.80. The molecule has 0 fully saturated rings. The van der Waals surface area contributed by atoms with Gasteiger partial charge in [-0.05, 0) is 12.8 Å². The van der Waals surface area contributed by atoms with Gasteiger partial charge in [-0.2, -0.15) is 0 Å². The molecule has 0 saturated heterocycles. The zero-order valence-electron chi connectivity index (χ0n) is 10.9. The van der Waals surface area contributed by atoms with Crippen LogP contribution in [0.1, 0.15) is 25.4 Å². The maximum atomic E-state index is 4.81. The molecule has 1 aromatic rings. The highest BCUT2D eigenvalue weighted by Crippen LogP contribution is 2.30. The molecule has 0 bridgehead atoms. The molecule has 3 heterocycles. The maximum absolute atomic E-state index is 4.81. The monoisotopic (exact) mass is 233 g/mol. The number of aryl methyl sites for hydroxylation is 1. The first-order valence-electron chi connectivity index (χ1n) is 6.18. The highest BCUT2D eigenvalue weighted by molar-refractivity contribution is 5.99. The number of rotatable bonds is 1. The molecule has 0 aliphatic carbocycles. The van der Waals surface area contributed by atoms with Gasteiger partial charge in [-0.15, -0.1) is 0 Å². The lowest BCUT2D eigenvalue weighted by Crippen LogP contribution is -2.44. The van der Waals surface area contributed by atoms with Crippen LogP contribution in [-0.4, -0.2) is 40.5 Å². The van der Waals surface area contributed by atoms with Crippen molar-refractivity contribution >= 4 is 11.8 Å². The van der Waals surface area contributed by atoms with Gasteiger partial charge >= 0.3 is 0 Å². The molecule has 0 radical (unpaired) electrons. The molecule has 1 atom stereocenters. The predicted molar refractivity (Wildman–Crippen MR) is 68.2 cm³/mol. The van der Waals surface area contributed by atoms with Crippen molar-refractivity contribution in [1.29, 1.82) is 0 Å². The Morgan fingerprint density at radius 3 is 2.88 bits per heavy atom. The third-order valence-electron chi connectivity index (χ3n) is 3.53. The van der Waals surface area contributed by atoms with Crippen LogP contribution in [-0.2, 0) is 6.54 Å². The molecular weight excluding hydrogens is 214 g/mol. The van der Waals surface area contributed by atoms with Crippen LogP contribution in [0.5, 0.6) is 0 Å². The number of nitrogens with zero attached hydrogens (tertiary/aromatic N) is 4. The van der Waals surface area contributed by atoms with E-state index in [1.54, 1.807) is 0 Å². The number of imidazole rings is 1. The standard InChI is InChI=1S/C12H19N5/c1-7(2)9-6-17-11-10(13-8(3)14-11)5-16(4)12(17)15-9/h7,9H,5-6H2,1-4H3,(H,13,14)/t9-/m1/s1. The Morgan fingerprint density at radius 1 is 1.41 bits per heavy atom. The molecule has 3 rings (SSSR count). The molecule has 17 heavy (non-hydrogen) atoms. The van der Waals surface area contributed by atoms with Crippen molar-refractivity contribution < 1.29 is 0 Å². The molecule has 2 aliphatic heterocycles. The smallest absolute Gasteiger partial charge is 0.202 e.